The van der Waals surface area contributed by atoms with Crippen molar-refractivity contribution < 1.29 is 0 Å². The summed E-state index contributed by atoms with van der Waals surface area (Å²) >= 11 is 11.8. The van der Waals surface area contributed by atoms with Crippen molar-refractivity contribution in [3.8, 4) is 11.4 Å². The normalized spacial score (nSPS) is 11.2. The first kappa shape index (κ1) is 17.6. The van der Waals surface area contributed by atoms with E-state index in [1.54, 1.807) is 16.8 Å². The third kappa shape index (κ3) is 2.98. The third-order valence-electron chi connectivity index (χ3n) is 4.26. The third-order valence-corrected chi connectivity index (χ3v) is 4.85. The van der Waals surface area contributed by atoms with Gasteiger partial charge in [-0.3, -0.25) is 9.89 Å². The molecule has 136 valence electrons. The van der Waals surface area contributed by atoms with Crippen LogP contribution in [0.25, 0.3) is 22.3 Å². The van der Waals surface area contributed by atoms with E-state index < -0.39 is 0 Å². The maximum atomic E-state index is 13.4. The monoisotopic (exact) mass is 397 g/mol. The van der Waals surface area contributed by atoms with Crippen molar-refractivity contribution >= 4 is 34.7 Å². The summed E-state index contributed by atoms with van der Waals surface area (Å²) in [5.74, 6) is 1.08. The average Bonchev–Trinajstić information content (AvgIpc) is 3.03. The molecule has 8 heteroatoms. The van der Waals surface area contributed by atoms with Crippen molar-refractivity contribution in [2.45, 2.75) is 19.8 Å². The Bertz CT molecular complexity index is 1260. The van der Waals surface area contributed by atoms with Gasteiger partial charge in [0.15, 0.2) is 11.6 Å². The van der Waals surface area contributed by atoms with Crippen molar-refractivity contribution in [3.05, 3.63) is 74.5 Å². The fraction of sp³-hybridized carbons (Fsp3) is 0.158. The zero-order chi connectivity index (χ0) is 19.0. The predicted octanol–water partition coefficient (Wildman–Crippen LogP) is 4.23. The molecule has 0 aliphatic carbocycles. The summed E-state index contributed by atoms with van der Waals surface area (Å²) < 4.78 is 3.39. The molecule has 0 saturated carbocycles. The molecule has 0 aliphatic rings. The van der Waals surface area contributed by atoms with E-state index in [0.29, 0.717) is 44.3 Å². The Hall–Kier alpha value is -2.77. The van der Waals surface area contributed by atoms with Crippen LogP contribution in [0, 0.1) is 4.77 Å². The summed E-state index contributed by atoms with van der Waals surface area (Å²) in [6.45, 7) is 2.04. The Kier molecular flexibility index (Phi) is 4.63. The molecule has 4 aromatic rings. The van der Waals surface area contributed by atoms with Crippen LogP contribution in [-0.2, 0) is 6.42 Å². The van der Waals surface area contributed by atoms with Gasteiger partial charge in [-0.2, -0.15) is 9.77 Å². The maximum Gasteiger partial charge on any atom is 0.281 e. The molecule has 0 fully saturated rings. The largest absolute Gasteiger partial charge is 0.281 e. The van der Waals surface area contributed by atoms with Gasteiger partial charge in [-0.15, -0.1) is 0 Å². The fourth-order valence-corrected chi connectivity index (χ4v) is 3.50. The highest BCUT2D eigenvalue weighted by molar-refractivity contribution is 7.71. The van der Waals surface area contributed by atoms with Gasteiger partial charge in [0.2, 0.25) is 4.77 Å². The molecule has 1 N–H and O–H groups in total. The van der Waals surface area contributed by atoms with Crippen LogP contribution in [0.15, 0.2) is 53.3 Å². The minimum Gasteiger partial charge on any atom is -0.267 e. The van der Waals surface area contributed by atoms with Crippen molar-refractivity contribution in [2.24, 2.45) is 0 Å². The second-order valence-corrected chi connectivity index (χ2v) is 6.85. The second kappa shape index (κ2) is 7.09. The van der Waals surface area contributed by atoms with Gasteiger partial charge in [0, 0.05) is 12.0 Å². The van der Waals surface area contributed by atoms with Gasteiger partial charge in [0.1, 0.15) is 0 Å². The second-order valence-electron chi connectivity index (χ2n) is 6.06. The number of hydrogen-bond donors (Lipinski definition) is 1. The number of H-pyrrole nitrogens is 1. The standard InChI is InChI=1S/C19H16ClN5OS/c1-2-7-16-22-23-19(27)24(16)25-17(12-8-3-5-10-14(12)20)21-15-11-6-4-9-13(15)18(25)26/h3-6,8-11H,2,7H2,1H3,(H,23,27). The molecule has 0 spiro atoms. The molecule has 2 heterocycles. The van der Waals surface area contributed by atoms with Crippen LogP contribution in [0.5, 0.6) is 0 Å². The van der Waals surface area contributed by atoms with E-state index in [2.05, 4.69) is 10.2 Å². The summed E-state index contributed by atoms with van der Waals surface area (Å²) in [5.41, 5.74) is 1.01. The topological polar surface area (TPSA) is 68.5 Å². The molecule has 2 aromatic carbocycles. The highest BCUT2D eigenvalue weighted by atomic mass is 35.5. The molecule has 0 bridgehead atoms. The zero-order valence-electron chi connectivity index (χ0n) is 14.5. The number of halogens is 1. The minimum atomic E-state index is -0.231. The van der Waals surface area contributed by atoms with E-state index in [1.165, 1.54) is 4.68 Å². The number of aromatic nitrogens is 5. The quantitative estimate of drug-likeness (QED) is 0.523. The number of rotatable bonds is 4. The van der Waals surface area contributed by atoms with Crippen LogP contribution >= 0.6 is 23.8 Å². The van der Waals surface area contributed by atoms with Crippen molar-refractivity contribution in [2.75, 3.05) is 0 Å². The molecule has 4 rings (SSSR count). The molecule has 0 saturated heterocycles. The smallest absolute Gasteiger partial charge is 0.267 e. The molecule has 0 aliphatic heterocycles. The Morgan fingerprint density at radius 2 is 1.85 bits per heavy atom. The Morgan fingerprint density at radius 1 is 1.11 bits per heavy atom. The lowest BCUT2D eigenvalue weighted by atomic mass is 10.2. The highest BCUT2D eigenvalue weighted by Crippen LogP contribution is 2.27. The molecular weight excluding hydrogens is 382 g/mol. The Balaban J connectivity index is 2.17. The summed E-state index contributed by atoms with van der Waals surface area (Å²) in [6, 6.07) is 14.5. The van der Waals surface area contributed by atoms with Crippen LogP contribution in [0.4, 0.5) is 0 Å². The summed E-state index contributed by atoms with van der Waals surface area (Å²) in [5, 5.41) is 8.07. The van der Waals surface area contributed by atoms with Gasteiger partial charge in [-0.05, 0) is 42.9 Å². The van der Waals surface area contributed by atoms with Crippen molar-refractivity contribution in [1.29, 1.82) is 0 Å². The number of para-hydroxylation sites is 1. The van der Waals surface area contributed by atoms with E-state index >= 15 is 0 Å². The fourth-order valence-electron chi connectivity index (χ4n) is 3.04. The van der Waals surface area contributed by atoms with Crippen molar-refractivity contribution in [3.63, 3.8) is 0 Å². The van der Waals surface area contributed by atoms with Crippen LogP contribution < -0.4 is 5.56 Å². The summed E-state index contributed by atoms with van der Waals surface area (Å²) in [4.78, 5) is 18.1. The molecule has 0 radical (unpaired) electrons. The van der Waals surface area contributed by atoms with E-state index in [4.69, 9.17) is 28.8 Å². The number of aryl methyl sites for hydroxylation is 1. The Labute approximate surface area is 165 Å². The average molecular weight is 398 g/mol. The van der Waals surface area contributed by atoms with E-state index in [1.807, 2.05) is 43.3 Å². The molecule has 0 atom stereocenters. The van der Waals surface area contributed by atoms with Crippen LogP contribution in [0.3, 0.4) is 0 Å². The van der Waals surface area contributed by atoms with Crippen LogP contribution in [0.1, 0.15) is 19.2 Å². The number of aromatic amines is 1. The minimum absolute atomic E-state index is 0.231. The number of nitrogens with zero attached hydrogens (tertiary/aromatic N) is 4. The molecule has 0 amide bonds. The maximum absolute atomic E-state index is 13.4. The van der Waals surface area contributed by atoms with Gasteiger partial charge in [0.05, 0.1) is 15.9 Å². The lowest BCUT2D eigenvalue weighted by Gasteiger charge is -2.16. The number of nitrogens with one attached hydrogen (secondary N) is 1. The van der Waals surface area contributed by atoms with Crippen LogP contribution in [-0.4, -0.2) is 24.5 Å². The lowest BCUT2D eigenvalue weighted by Crippen LogP contribution is -2.30. The van der Waals surface area contributed by atoms with Crippen LogP contribution in [0.2, 0.25) is 5.02 Å². The molecule has 27 heavy (non-hydrogen) atoms. The Morgan fingerprint density at radius 3 is 2.63 bits per heavy atom. The molecular formula is C19H16ClN5OS. The number of hydrogen-bond acceptors (Lipinski definition) is 4. The van der Waals surface area contributed by atoms with Gasteiger partial charge in [-0.25, -0.2) is 9.66 Å². The first-order valence-corrected chi connectivity index (χ1v) is 9.34. The molecule has 2 aromatic heterocycles. The predicted molar refractivity (Wildman–Crippen MR) is 109 cm³/mol. The first-order chi connectivity index (χ1) is 13.1. The van der Waals surface area contributed by atoms with E-state index in [9.17, 15) is 4.79 Å². The SMILES string of the molecule is CCCc1n[nH]c(=S)n1-n1c(-c2ccccc2Cl)nc2ccccc2c1=O. The summed E-state index contributed by atoms with van der Waals surface area (Å²) in [7, 11) is 0. The van der Waals surface area contributed by atoms with Crippen molar-refractivity contribution in [1.82, 2.24) is 24.5 Å². The van der Waals surface area contributed by atoms with E-state index in [0.717, 1.165) is 6.42 Å². The lowest BCUT2D eigenvalue weighted by molar-refractivity contribution is 0.582. The van der Waals surface area contributed by atoms with E-state index in [-0.39, 0.29) is 5.56 Å². The molecule has 0 unspecified atom stereocenters. The van der Waals surface area contributed by atoms with Gasteiger partial charge >= 0.3 is 0 Å². The van der Waals surface area contributed by atoms with Gasteiger partial charge in [0.25, 0.3) is 5.56 Å². The first-order valence-electron chi connectivity index (χ1n) is 8.55. The number of benzene rings is 2. The highest BCUT2D eigenvalue weighted by Gasteiger charge is 2.19. The van der Waals surface area contributed by atoms with Gasteiger partial charge < -0.3 is 0 Å². The summed E-state index contributed by atoms with van der Waals surface area (Å²) in [6.07, 6.45) is 1.52. The number of fused-ring (bicyclic) bond motifs is 1. The molecule has 6 nitrogen and oxygen atoms in total. The zero-order valence-corrected chi connectivity index (χ0v) is 16.1. The van der Waals surface area contributed by atoms with Gasteiger partial charge in [-0.1, -0.05) is 42.8 Å².